The molecule has 0 aliphatic heterocycles. The van der Waals surface area contributed by atoms with E-state index in [0.29, 0.717) is 72.7 Å². The Morgan fingerprint density at radius 1 is 0.609 bits per heavy atom. The summed E-state index contributed by atoms with van der Waals surface area (Å²) in [6.07, 6.45) is -0.801. The molecule has 0 atom stereocenters. The molecular formula is C14H29NO8. The van der Waals surface area contributed by atoms with E-state index in [0.717, 1.165) is 0 Å². The van der Waals surface area contributed by atoms with E-state index in [9.17, 15) is 4.79 Å². The Morgan fingerprint density at radius 3 is 1.22 bits per heavy atom. The van der Waals surface area contributed by atoms with Crippen molar-refractivity contribution in [3.05, 3.63) is 0 Å². The zero-order chi connectivity index (χ0) is 17.0. The van der Waals surface area contributed by atoms with Crippen LogP contribution < -0.4 is 5.73 Å². The molecule has 0 unspecified atom stereocenters. The topological polar surface area (TPSA) is 108 Å². The van der Waals surface area contributed by atoms with Crippen LogP contribution in [0.2, 0.25) is 0 Å². The van der Waals surface area contributed by atoms with Crippen molar-refractivity contribution in [3.8, 4) is 0 Å². The maximum atomic E-state index is 10.3. The molecule has 0 saturated carbocycles. The molecule has 138 valence electrons. The summed E-state index contributed by atoms with van der Waals surface area (Å²) in [4.78, 5) is 10.3. The van der Waals surface area contributed by atoms with Crippen molar-refractivity contribution in [1.82, 2.24) is 0 Å². The second-order valence-corrected chi connectivity index (χ2v) is 4.22. The number of carbonyl (C=O) groups excluding carboxylic acids is 1. The maximum Gasteiger partial charge on any atom is 0.404 e. The van der Waals surface area contributed by atoms with Crippen molar-refractivity contribution in [2.75, 3.05) is 86.4 Å². The second-order valence-electron chi connectivity index (χ2n) is 4.22. The zero-order valence-corrected chi connectivity index (χ0v) is 13.8. The van der Waals surface area contributed by atoms with Gasteiger partial charge in [0, 0.05) is 7.11 Å². The number of primary amides is 1. The SMILES string of the molecule is COCCOCCOCCOCCOCCOCCOC(N)=O. The van der Waals surface area contributed by atoms with Crippen LogP contribution >= 0.6 is 0 Å². The molecule has 0 fully saturated rings. The van der Waals surface area contributed by atoms with Crippen molar-refractivity contribution in [3.63, 3.8) is 0 Å². The molecule has 0 aliphatic rings. The molecule has 9 nitrogen and oxygen atoms in total. The van der Waals surface area contributed by atoms with Gasteiger partial charge in [-0.1, -0.05) is 0 Å². The van der Waals surface area contributed by atoms with E-state index in [1.165, 1.54) is 0 Å². The first-order valence-electron chi connectivity index (χ1n) is 7.57. The average molecular weight is 339 g/mol. The molecule has 0 aromatic carbocycles. The van der Waals surface area contributed by atoms with Crippen molar-refractivity contribution in [1.29, 1.82) is 0 Å². The van der Waals surface area contributed by atoms with E-state index in [1.807, 2.05) is 0 Å². The zero-order valence-electron chi connectivity index (χ0n) is 13.8. The third kappa shape index (κ3) is 21.0. The molecule has 0 spiro atoms. The van der Waals surface area contributed by atoms with Crippen molar-refractivity contribution in [2.24, 2.45) is 5.73 Å². The molecule has 0 rings (SSSR count). The lowest BCUT2D eigenvalue weighted by Crippen LogP contribution is -2.17. The van der Waals surface area contributed by atoms with Gasteiger partial charge in [0.2, 0.25) is 0 Å². The lowest BCUT2D eigenvalue weighted by atomic mass is 10.7. The molecule has 23 heavy (non-hydrogen) atoms. The molecule has 2 N–H and O–H groups in total. The summed E-state index contributed by atoms with van der Waals surface area (Å²) in [6, 6.07) is 0. The largest absolute Gasteiger partial charge is 0.447 e. The van der Waals surface area contributed by atoms with Crippen LogP contribution in [-0.4, -0.2) is 92.5 Å². The third-order valence-electron chi connectivity index (χ3n) is 2.39. The lowest BCUT2D eigenvalue weighted by molar-refractivity contribution is -0.0166. The third-order valence-corrected chi connectivity index (χ3v) is 2.39. The predicted octanol–water partition coefficient (Wildman–Crippen LogP) is -0.189. The van der Waals surface area contributed by atoms with Crippen molar-refractivity contribution < 1.29 is 38.0 Å². The van der Waals surface area contributed by atoms with Crippen LogP contribution in [-0.2, 0) is 33.2 Å². The summed E-state index contributed by atoms with van der Waals surface area (Å²) < 4.78 is 35.7. The quantitative estimate of drug-likeness (QED) is 0.342. The monoisotopic (exact) mass is 339 g/mol. The number of carbonyl (C=O) groups is 1. The highest BCUT2D eigenvalue weighted by molar-refractivity contribution is 5.64. The molecule has 0 radical (unpaired) electrons. The average Bonchev–Trinajstić information content (AvgIpc) is 2.53. The van der Waals surface area contributed by atoms with Gasteiger partial charge in [0.1, 0.15) is 6.61 Å². The lowest BCUT2D eigenvalue weighted by Gasteiger charge is -2.08. The number of amides is 1. The number of rotatable bonds is 18. The molecule has 0 aromatic rings. The smallest absolute Gasteiger partial charge is 0.404 e. The van der Waals surface area contributed by atoms with Crippen LogP contribution in [0.4, 0.5) is 4.79 Å². The number of hydrogen-bond donors (Lipinski definition) is 1. The van der Waals surface area contributed by atoms with Crippen LogP contribution in [0.25, 0.3) is 0 Å². The molecule has 0 saturated heterocycles. The standard InChI is InChI=1S/C14H29NO8/c1-17-2-3-18-4-5-19-6-7-20-8-9-21-10-11-22-12-13-23-14(15)16/h2-13H2,1H3,(H2,15,16). The van der Waals surface area contributed by atoms with E-state index < -0.39 is 6.09 Å². The van der Waals surface area contributed by atoms with Gasteiger partial charge >= 0.3 is 6.09 Å². The van der Waals surface area contributed by atoms with Crippen LogP contribution in [0.1, 0.15) is 0 Å². The first kappa shape index (κ1) is 22.0. The predicted molar refractivity (Wildman–Crippen MR) is 81.5 cm³/mol. The Balaban J connectivity index is 2.96. The summed E-state index contributed by atoms with van der Waals surface area (Å²) in [6.45, 7) is 5.62. The molecule has 9 heteroatoms. The number of ether oxygens (including phenoxy) is 7. The van der Waals surface area contributed by atoms with Crippen LogP contribution in [0.15, 0.2) is 0 Å². The van der Waals surface area contributed by atoms with Gasteiger partial charge in [-0.2, -0.15) is 0 Å². The number of hydrogen-bond acceptors (Lipinski definition) is 8. The molecular weight excluding hydrogens is 310 g/mol. The fourth-order valence-corrected chi connectivity index (χ4v) is 1.33. The summed E-state index contributed by atoms with van der Waals surface area (Å²) in [7, 11) is 1.63. The van der Waals surface area contributed by atoms with Gasteiger partial charge in [-0.25, -0.2) is 4.79 Å². The van der Waals surface area contributed by atoms with Gasteiger partial charge in [-0.15, -0.1) is 0 Å². The highest BCUT2D eigenvalue weighted by Crippen LogP contribution is 1.84. The Kier molecular flexibility index (Phi) is 18.3. The fourth-order valence-electron chi connectivity index (χ4n) is 1.33. The van der Waals surface area contributed by atoms with E-state index >= 15 is 0 Å². The fraction of sp³-hybridized carbons (Fsp3) is 0.929. The highest BCUT2D eigenvalue weighted by Gasteiger charge is 1.95. The normalized spacial score (nSPS) is 10.8. The molecule has 0 heterocycles. The highest BCUT2D eigenvalue weighted by atomic mass is 16.6. The van der Waals surface area contributed by atoms with Gasteiger partial charge in [0.25, 0.3) is 0 Å². The minimum absolute atomic E-state index is 0.149. The molecule has 0 aliphatic carbocycles. The minimum atomic E-state index is -0.801. The van der Waals surface area contributed by atoms with Crippen molar-refractivity contribution >= 4 is 6.09 Å². The van der Waals surface area contributed by atoms with E-state index in [1.54, 1.807) is 7.11 Å². The molecule has 1 amide bonds. The first-order chi connectivity index (χ1) is 11.3. The van der Waals surface area contributed by atoms with Gasteiger partial charge in [0.15, 0.2) is 0 Å². The van der Waals surface area contributed by atoms with Gasteiger partial charge in [0.05, 0.1) is 72.7 Å². The van der Waals surface area contributed by atoms with Gasteiger partial charge in [-0.05, 0) is 0 Å². The first-order valence-corrected chi connectivity index (χ1v) is 7.57. The van der Waals surface area contributed by atoms with Crippen LogP contribution in [0, 0.1) is 0 Å². The summed E-state index contributed by atoms with van der Waals surface area (Å²) in [5.74, 6) is 0. The van der Waals surface area contributed by atoms with Gasteiger partial charge < -0.3 is 38.9 Å². The number of nitrogens with two attached hydrogens (primary N) is 1. The molecule has 0 bridgehead atoms. The number of methoxy groups -OCH3 is 1. The Morgan fingerprint density at radius 2 is 0.913 bits per heavy atom. The Labute approximate surface area is 137 Å². The van der Waals surface area contributed by atoms with Crippen LogP contribution in [0.3, 0.4) is 0 Å². The van der Waals surface area contributed by atoms with E-state index in [4.69, 9.17) is 34.2 Å². The maximum absolute atomic E-state index is 10.3. The van der Waals surface area contributed by atoms with E-state index in [-0.39, 0.29) is 6.61 Å². The van der Waals surface area contributed by atoms with Crippen LogP contribution in [0.5, 0.6) is 0 Å². The summed E-state index contributed by atoms with van der Waals surface area (Å²) in [5.41, 5.74) is 4.79. The summed E-state index contributed by atoms with van der Waals surface area (Å²) >= 11 is 0. The van der Waals surface area contributed by atoms with Gasteiger partial charge in [-0.3, -0.25) is 0 Å². The summed E-state index contributed by atoms with van der Waals surface area (Å²) in [5, 5.41) is 0. The Hall–Kier alpha value is -0.970. The van der Waals surface area contributed by atoms with Crippen molar-refractivity contribution in [2.45, 2.75) is 0 Å². The molecule has 0 aromatic heterocycles. The Bertz CT molecular complexity index is 255. The minimum Gasteiger partial charge on any atom is -0.447 e. The van der Waals surface area contributed by atoms with E-state index in [2.05, 4.69) is 4.74 Å². The second kappa shape index (κ2) is 19.1.